The second-order valence-electron chi connectivity index (χ2n) is 9.41. The van der Waals surface area contributed by atoms with Crippen molar-refractivity contribution >= 4 is 22.6 Å². The first kappa shape index (κ1) is 22.3. The predicted molar refractivity (Wildman–Crippen MR) is 124 cm³/mol. The van der Waals surface area contributed by atoms with Crippen LogP contribution in [0.15, 0.2) is 22.8 Å². The average Bonchev–Trinajstić information content (AvgIpc) is 3.25. The Morgan fingerprint density at radius 1 is 1.16 bits per heavy atom. The molecule has 0 atom stereocenters. The van der Waals surface area contributed by atoms with Gasteiger partial charge in [0.25, 0.3) is 0 Å². The summed E-state index contributed by atoms with van der Waals surface area (Å²) in [5.41, 5.74) is 1.94. The molecular weight excluding hydrogens is 390 g/mol. The molecule has 0 amide bonds. The number of pyridine rings is 1. The Kier molecular flexibility index (Phi) is 7.62. The van der Waals surface area contributed by atoms with Gasteiger partial charge in [-0.15, -0.1) is 0 Å². The molecule has 1 saturated heterocycles. The molecule has 0 radical (unpaired) electrons. The highest BCUT2D eigenvalue weighted by molar-refractivity contribution is 5.89. The van der Waals surface area contributed by atoms with Crippen molar-refractivity contribution in [1.29, 1.82) is 0 Å². The van der Waals surface area contributed by atoms with E-state index in [1.807, 2.05) is 19.1 Å². The number of aryl methyl sites for hydroxylation is 1. The van der Waals surface area contributed by atoms with Crippen LogP contribution in [0.1, 0.15) is 50.6 Å². The van der Waals surface area contributed by atoms with E-state index in [4.69, 9.17) is 14.1 Å². The summed E-state index contributed by atoms with van der Waals surface area (Å²) in [6, 6.07) is 4.05. The van der Waals surface area contributed by atoms with E-state index in [0.717, 1.165) is 61.0 Å². The van der Waals surface area contributed by atoms with Crippen molar-refractivity contribution in [1.82, 2.24) is 9.88 Å². The SMILES string of the molecule is COCCC(=O)CC1CCC(CCN2CCN(c3nc(C)cc4occc34)CC2)CC1. The van der Waals surface area contributed by atoms with Crippen LogP contribution in [-0.2, 0) is 9.53 Å². The molecule has 6 nitrogen and oxygen atoms in total. The molecule has 0 N–H and O–H groups in total. The molecule has 2 aliphatic rings. The highest BCUT2D eigenvalue weighted by Crippen LogP contribution is 2.33. The minimum absolute atomic E-state index is 0.374. The molecule has 1 saturated carbocycles. The van der Waals surface area contributed by atoms with Gasteiger partial charge < -0.3 is 14.1 Å². The number of hydrogen-bond acceptors (Lipinski definition) is 6. The van der Waals surface area contributed by atoms with Gasteiger partial charge in [-0.2, -0.15) is 0 Å². The van der Waals surface area contributed by atoms with Gasteiger partial charge in [0.2, 0.25) is 0 Å². The molecule has 31 heavy (non-hydrogen) atoms. The maximum absolute atomic E-state index is 12.0. The van der Waals surface area contributed by atoms with Crippen LogP contribution in [0.2, 0.25) is 0 Å². The number of rotatable bonds is 9. The zero-order valence-corrected chi connectivity index (χ0v) is 19.1. The number of carbonyl (C=O) groups is 1. The van der Waals surface area contributed by atoms with Crippen LogP contribution in [0, 0.1) is 18.8 Å². The topological polar surface area (TPSA) is 58.8 Å². The van der Waals surface area contributed by atoms with Gasteiger partial charge in [0.05, 0.1) is 18.3 Å². The summed E-state index contributed by atoms with van der Waals surface area (Å²) < 4.78 is 10.6. The average molecular weight is 428 g/mol. The standard InChI is InChI=1S/C25H37N3O3/c1-19-17-24-23(9-16-31-24)25(26-19)28-13-11-27(12-14-28)10-7-20-3-5-21(6-4-20)18-22(29)8-15-30-2/h9,16-17,20-21H,3-8,10-15,18H2,1-2H3. The van der Waals surface area contributed by atoms with Crippen LogP contribution < -0.4 is 4.90 Å². The summed E-state index contributed by atoms with van der Waals surface area (Å²) in [6.45, 7) is 8.02. The second kappa shape index (κ2) is 10.6. The second-order valence-corrected chi connectivity index (χ2v) is 9.41. The van der Waals surface area contributed by atoms with E-state index in [1.165, 1.54) is 38.6 Å². The molecule has 2 aromatic heterocycles. The number of carbonyl (C=O) groups excluding carboxylic acids is 1. The number of furan rings is 1. The van der Waals surface area contributed by atoms with Gasteiger partial charge in [-0.25, -0.2) is 4.98 Å². The first-order valence-corrected chi connectivity index (χ1v) is 11.9. The zero-order valence-electron chi connectivity index (χ0n) is 19.1. The van der Waals surface area contributed by atoms with Crippen molar-refractivity contribution in [2.45, 2.75) is 51.9 Å². The maximum atomic E-state index is 12.0. The highest BCUT2D eigenvalue weighted by atomic mass is 16.5. The molecule has 0 bridgehead atoms. The quantitative estimate of drug-likeness (QED) is 0.589. The normalized spacial score (nSPS) is 22.8. The zero-order chi connectivity index (χ0) is 21.6. The molecule has 0 spiro atoms. The Morgan fingerprint density at radius 3 is 2.65 bits per heavy atom. The molecule has 1 aliphatic heterocycles. The summed E-state index contributed by atoms with van der Waals surface area (Å²) >= 11 is 0. The summed E-state index contributed by atoms with van der Waals surface area (Å²) in [5.74, 6) is 2.87. The molecular formula is C25H37N3O3. The molecule has 2 fully saturated rings. The van der Waals surface area contributed by atoms with Crippen molar-refractivity contribution in [3.63, 3.8) is 0 Å². The van der Waals surface area contributed by atoms with Gasteiger partial charge in [-0.1, -0.05) is 12.8 Å². The monoisotopic (exact) mass is 427 g/mol. The molecule has 1 aliphatic carbocycles. The van der Waals surface area contributed by atoms with Gasteiger partial charge in [-0.3, -0.25) is 9.69 Å². The lowest BCUT2D eigenvalue weighted by molar-refractivity contribution is -0.121. The Bertz CT molecular complexity index is 849. The fraction of sp³-hybridized carbons (Fsp3) is 0.680. The molecule has 0 unspecified atom stereocenters. The van der Waals surface area contributed by atoms with E-state index in [9.17, 15) is 4.79 Å². The van der Waals surface area contributed by atoms with Crippen LogP contribution in [0.4, 0.5) is 5.82 Å². The lowest BCUT2D eigenvalue weighted by atomic mass is 9.78. The fourth-order valence-corrected chi connectivity index (χ4v) is 5.22. The van der Waals surface area contributed by atoms with Crippen LogP contribution in [0.3, 0.4) is 0 Å². The predicted octanol–water partition coefficient (Wildman–Crippen LogP) is 4.45. The Morgan fingerprint density at radius 2 is 1.90 bits per heavy atom. The number of methoxy groups -OCH3 is 1. The van der Waals surface area contributed by atoms with E-state index < -0.39 is 0 Å². The Balaban J connectivity index is 1.18. The number of ether oxygens (including phenoxy) is 1. The molecule has 2 aromatic rings. The summed E-state index contributed by atoms with van der Waals surface area (Å²) in [7, 11) is 1.66. The summed E-state index contributed by atoms with van der Waals surface area (Å²) in [6.07, 6.45) is 9.39. The number of Topliss-reactive ketones (excluding diaryl/α,β-unsaturated/α-hetero) is 1. The Hall–Kier alpha value is -1.92. The van der Waals surface area contributed by atoms with Crippen molar-refractivity contribution in [2.75, 3.05) is 51.3 Å². The van der Waals surface area contributed by atoms with Crippen molar-refractivity contribution in [3.05, 3.63) is 24.1 Å². The third-order valence-electron chi connectivity index (χ3n) is 7.15. The molecule has 4 rings (SSSR count). The van der Waals surface area contributed by atoms with Crippen molar-refractivity contribution < 1.29 is 13.9 Å². The number of fused-ring (bicyclic) bond motifs is 1. The largest absolute Gasteiger partial charge is 0.464 e. The van der Waals surface area contributed by atoms with Gasteiger partial charge >= 0.3 is 0 Å². The van der Waals surface area contributed by atoms with Gasteiger partial charge in [0, 0.05) is 57.9 Å². The smallest absolute Gasteiger partial charge is 0.140 e. The number of nitrogens with zero attached hydrogens (tertiary/aromatic N) is 3. The van der Waals surface area contributed by atoms with Crippen LogP contribution in [-0.4, -0.2) is 62.1 Å². The first-order chi connectivity index (χ1) is 15.1. The first-order valence-electron chi connectivity index (χ1n) is 11.9. The Labute approximate surface area is 185 Å². The van der Waals surface area contributed by atoms with Crippen LogP contribution in [0.5, 0.6) is 0 Å². The summed E-state index contributed by atoms with van der Waals surface area (Å²) in [4.78, 5) is 21.8. The van der Waals surface area contributed by atoms with E-state index in [-0.39, 0.29) is 0 Å². The number of hydrogen-bond donors (Lipinski definition) is 0. The maximum Gasteiger partial charge on any atom is 0.140 e. The lowest BCUT2D eigenvalue weighted by Crippen LogP contribution is -2.47. The van der Waals surface area contributed by atoms with Gasteiger partial charge in [0.1, 0.15) is 17.2 Å². The number of ketones is 1. The van der Waals surface area contributed by atoms with E-state index >= 15 is 0 Å². The molecule has 6 heteroatoms. The van der Waals surface area contributed by atoms with Crippen LogP contribution >= 0.6 is 0 Å². The number of piperazine rings is 1. The van der Waals surface area contributed by atoms with Crippen molar-refractivity contribution in [2.24, 2.45) is 11.8 Å². The van der Waals surface area contributed by atoms with Crippen LogP contribution in [0.25, 0.3) is 11.0 Å². The molecule has 3 heterocycles. The molecule has 170 valence electrons. The van der Waals surface area contributed by atoms with Gasteiger partial charge in [0.15, 0.2) is 0 Å². The molecule has 0 aromatic carbocycles. The van der Waals surface area contributed by atoms with E-state index in [1.54, 1.807) is 13.4 Å². The highest BCUT2D eigenvalue weighted by Gasteiger charge is 2.25. The number of anilines is 1. The van der Waals surface area contributed by atoms with Gasteiger partial charge in [-0.05, 0) is 50.6 Å². The van der Waals surface area contributed by atoms with E-state index in [0.29, 0.717) is 24.7 Å². The van der Waals surface area contributed by atoms with Crippen molar-refractivity contribution in [3.8, 4) is 0 Å². The minimum atomic E-state index is 0.374. The fourth-order valence-electron chi connectivity index (χ4n) is 5.22. The summed E-state index contributed by atoms with van der Waals surface area (Å²) in [5, 5.41) is 1.12. The third kappa shape index (κ3) is 5.86. The number of aromatic nitrogens is 1. The minimum Gasteiger partial charge on any atom is -0.464 e. The lowest BCUT2D eigenvalue weighted by Gasteiger charge is -2.37. The third-order valence-corrected chi connectivity index (χ3v) is 7.15. The van der Waals surface area contributed by atoms with E-state index in [2.05, 4.69) is 9.80 Å².